The third kappa shape index (κ3) is 2.38. The zero-order valence-electron chi connectivity index (χ0n) is 11.5. The predicted octanol–water partition coefficient (Wildman–Crippen LogP) is -0.556. The van der Waals surface area contributed by atoms with Crippen LogP contribution in [0, 0.1) is 23.7 Å². The molecule has 2 aliphatic carbocycles. The van der Waals surface area contributed by atoms with Gasteiger partial charge in [0.15, 0.2) is 12.6 Å². The van der Waals surface area contributed by atoms with Crippen molar-refractivity contribution in [3.8, 4) is 0 Å². The molecule has 2 saturated carbocycles. The Kier molecular flexibility index (Phi) is 4.31. The lowest BCUT2D eigenvalue weighted by molar-refractivity contribution is -0.280. The van der Waals surface area contributed by atoms with Crippen molar-refractivity contribution in [3.05, 3.63) is 0 Å². The van der Waals surface area contributed by atoms with Crippen molar-refractivity contribution in [1.29, 1.82) is 0 Å². The van der Waals surface area contributed by atoms with E-state index in [0.29, 0.717) is 6.42 Å². The highest BCUT2D eigenvalue weighted by molar-refractivity contribution is 4.94. The molecule has 6 nitrogen and oxygen atoms in total. The van der Waals surface area contributed by atoms with Gasteiger partial charge < -0.3 is 29.9 Å². The third-order valence-corrected chi connectivity index (χ3v) is 5.33. The Morgan fingerprint density at radius 2 is 1.50 bits per heavy atom. The number of hydrogen-bond donors (Lipinski definition) is 4. The average molecular weight is 288 g/mol. The van der Waals surface area contributed by atoms with Gasteiger partial charge in [-0.2, -0.15) is 0 Å². The summed E-state index contributed by atoms with van der Waals surface area (Å²) in [6.07, 6.45) is 0.381. The first-order valence-electron chi connectivity index (χ1n) is 7.54. The molecular weight excluding hydrogens is 264 g/mol. The van der Waals surface area contributed by atoms with Crippen LogP contribution >= 0.6 is 0 Å². The fraction of sp³-hybridized carbons (Fsp3) is 1.00. The van der Waals surface area contributed by atoms with Crippen molar-refractivity contribution in [2.45, 2.75) is 50.5 Å². The summed E-state index contributed by atoms with van der Waals surface area (Å²) < 4.78 is 11.5. The Bertz CT molecular complexity index is 338. The average Bonchev–Trinajstić information content (AvgIpc) is 3.00. The van der Waals surface area contributed by atoms with E-state index >= 15 is 0 Å². The Labute approximate surface area is 118 Å². The first-order chi connectivity index (χ1) is 9.65. The fourth-order valence-electron chi connectivity index (χ4n) is 4.18. The molecule has 6 heteroatoms. The molecule has 0 spiro atoms. The van der Waals surface area contributed by atoms with Crippen LogP contribution in [0.2, 0.25) is 0 Å². The van der Waals surface area contributed by atoms with Crippen molar-refractivity contribution in [2.24, 2.45) is 23.7 Å². The SMILES string of the molecule is OC[C@H]1CC[C@H]2C(O)O[C@H]3CC[C@H](CO)[C@@H]3C(O)O[C@H]12. The molecule has 8 atom stereocenters. The highest BCUT2D eigenvalue weighted by Crippen LogP contribution is 2.44. The van der Waals surface area contributed by atoms with E-state index in [1.165, 1.54) is 0 Å². The summed E-state index contributed by atoms with van der Waals surface area (Å²) in [6.45, 7) is -0.0311. The Morgan fingerprint density at radius 3 is 2.20 bits per heavy atom. The molecule has 0 bridgehead atoms. The molecular formula is C14H24O6. The van der Waals surface area contributed by atoms with Crippen LogP contribution < -0.4 is 0 Å². The number of ether oxygens (including phenoxy) is 2. The zero-order valence-corrected chi connectivity index (χ0v) is 11.5. The highest BCUT2D eigenvalue weighted by atomic mass is 16.6. The quantitative estimate of drug-likeness (QED) is 0.544. The zero-order chi connectivity index (χ0) is 14.3. The van der Waals surface area contributed by atoms with Crippen LogP contribution in [0.4, 0.5) is 0 Å². The summed E-state index contributed by atoms with van der Waals surface area (Å²) in [5.41, 5.74) is 0. The minimum absolute atomic E-state index is 0.0153. The Morgan fingerprint density at radius 1 is 0.800 bits per heavy atom. The molecule has 0 amide bonds. The maximum absolute atomic E-state index is 10.4. The van der Waals surface area contributed by atoms with E-state index in [4.69, 9.17) is 9.47 Å². The molecule has 1 aliphatic heterocycles. The second kappa shape index (κ2) is 5.87. The van der Waals surface area contributed by atoms with Gasteiger partial charge in [-0.15, -0.1) is 0 Å². The Hall–Kier alpha value is -0.240. The van der Waals surface area contributed by atoms with Gasteiger partial charge in [0.25, 0.3) is 0 Å². The van der Waals surface area contributed by atoms with Crippen LogP contribution in [-0.4, -0.2) is 58.4 Å². The Balaban J connectivity index is 1.81. The van der Waals surface area contributed by atoms with Crippen LogP contribution in [0.1, 0.15) is 25.7 Å². The molecule has 3 aliphatic rings. The molecule has 0 aromatic carbocycles. The first-order valence-corrected chi connectivity index (χ1v) is 7.54. The van der Waals surface area contributed by atoms with Gasteiger partial charge in [-0.3, -0.25) is 0 Å². The van der Waals surface area contributed by atoms with Crippen molar-refractivity contribution < 1.29 is 29.9 Å². The summed E-state index contributed by atoms with van der Waals surface area (Å²) in [6, 6.07) is 0. The molecule has 3 fully saturated rings. The lowest BCUT2D eigenvalue weighted by Crippen LogP contribution is -2.48. The van der Waals surface area contributed by atoms with Gasteiger partial charge in [0.1, 0.15) is 0 Å². The highest BCUT2D eigenvalue weighted by Gasteiger charge is 2.50. The van der Waals surface area contributed by atoms with Gasteiger partial charge in [-0.05, 0) is 31.6 Å². The first kappa shape index (κ1) is 14.7. The van der Waals surface area contributed by atoms with Gasteiger partial charge in [0.2, 0.25) is 0 Å². The topological polar surface area (TPSA) is 99.4 Å². The summed E-state index contributed by atoms with van der Waals surface area (Å²) in [7, 11) is 0. The molecule has 4 N–H and O–H groups in total. The molecule has 116 valence electrons. The van der Waals surface area contributed by atoms with E-state index in [-0.39, 0.29) is 49.1 Å². The van der Waals surface area contributed by atoms with Gasteiger partial charge in [0.05, 0.1) is 12.2 Å². The van der Waals surface area contributed by atoms with Crippen molar-refractivity contribution in [3.63, 3.8) is 0 Å². The number of hydrogen-bond acceptors (Lipinski definition) is 6. The largest absolute Gasteiger partial charge is 0.396 e. The van der Waals surface area contributed by atoms with Crippen LogP contribution in [0.15, 0.2) is 0 Å². The minimum Gasteiger partial charge on any atom is -0.396 e. The van der Waals surface area contributed by atoms with Crippen molar-refractivity contribution >= 4 is 0 Å². The lowest BCUT2D eigenvalue weighted by Gasteiger charge is -2.39. The van der Waals surface area contributed by atoms with E-state index in [9.17, 15) is 20.4 Å². The smallest absolute Gasteiger partial charge is 0.160 e. The third-order valence-electron chi connectivity index (χ3n) is 5.33. The molecule has 1 saturated heterocycles. The lowest BCUT2D eigenvalue weighted by atomic mass is 9.92. The van der Waals surface area contributed by atoms with E-state index < -0.39 is 12.6 Å². The molecule has 0 aromatic rings. The van der Waals surface area contributed by atoms with Crippen LogP contribution in [0.3, 0.4) is 0 Å². The molecule has 0 aromatic heterocycles. The van der Waals surface area contributed by atoms with E-state index in [1.54, 1.807) is 0 Å². The minimum atomic E-state index is -1.01. The van der Waals surface area contributed by atoms with Crippen LogP contribution in [-0.2, 0) is 9.47 Å². The molecule has 20 heavy (non-hydrogen) atoms. The van der Waals surface area contributed by atoms with Crippen molar-refractivity contribution in [1.82, 2.24) is 0 Å². The molecule has 3 rings (SSSR count). The number of rotatable bonds is 2. The van der Waals surface area contributed by atoms with Crippen LogP contribution in [0.25, 0.3) is 0 Å². The summed E-state index contributed by atoms with van der Waals surface area (Å²) in [4.78, 5) is 0. The van der Waals surface area contributed by atoms with Crippen LogP contribution in [0.5, 0.6) is 0 Å². The molecule has 2 unspecified atom stereocenters. The molecule has 0 radical (unpaired) electrons. The predicted molar refractivity (Wildman–Crippen MR) is 68.4 cm³/mol. The summed E-state index contributed by atoms with van der Waals surface area (Å²) in [5, 5.41) is 39.4. The number of fused-ring (bicyclic) bond motifs is 2. The number of aliphatic hydroxyl groups is 4. The van der Waals surface area contributed by atoms with Gasteiger partial charge in [-0.1, -0.05) is 0 Å². The van der Waals surface area contributed by atoms with Gasteiger partial charge >= 0.3 is 0 Å². The fourth-order valence-corrected chi connectivity index (χ4v) is 4.18. The van der Waals surface area contributed by atoms with E-state index in [1.807, 2.05) is 0 Å². The second-order valence-corrected chi connectivity index (χ2v) is 6.34. The normalized spacial score (nSPS) is 52.2. The van der Waals surface area contributed by atoms with Crippen molar-refractivity contribution in [2.75, 3.05) is 13.2 Å². The molecule has 1 heterocycles. The standard InChI is InChI=1S/C14H24O6/c15-5-7-2-4-10-11(7)14(18)20-12-8(6-16)1-3-9(12)13(17)19-10/h7-18H,1-6H2/t7-,8-,9-,10+,11+,12-,13?,14?/m1/s1. The second-order valence-electron chi connectivity index (χ2n) is 6.34. The summed E-state index contributed by atoms with van der Waals surface area (Å²) >= 11 is 0. The number of aliphatic hydroxyl groups excluding tert-OH is 4. The monoisotopic (exact) mass is 288 g/mol. The van der Waals surface area contributed by atoms with Gasteiger partial charge in [-0.25, -0.2) is 0 Å². The maximum Gasteiger partial charge on any atom is 0.160 e. The van der Waals surface area contributed by atoms with E-state index in [2.05, 4.69) is 0 Å². The summed E-state index contributed by atoms with van der Waals surface area (Å²) in [5.74, 6) is -0.641. The van der Waals surface area contributed by atoms with Gasteiger partial charge in [0, 0.05) is 31.0 Å². The van der Waals surface area contributed by atoms with E-state index in [0.717, 1.165) is 19.3 Å². The maximum atomic E-state index is 10.4.